The maximum atomic E-state index is 5.07. The van der Waals surface area contributed by atoms with Crippen LogP contribution >= 0.6 is 0 Å². The monoisotopic (exact) mass is 246 g/mol. The molecule has 0 aromatic carbocycles. The van der Waals surface area contributed by atoms with Crippen LogP contribution in [0, 0.1) is 0 Å². The molecule has 0 aliphatic heterocycles. The summed E-state index contributed by atoms with van der Waals surface area (Å²) < 4.78 is 5.07. The largest absolute Gasteiger partial charge is 0.481 e. The molecule has 5 nitrogen and oxygen atoms in total. The Hall–Kier alpha value is -2.04. The third-order valence-electron chi connectivity index (χ3n) is 2.78. The smallest absolute Gasteiger partial charge is 0.213 e. The van der Waals surface area contributed by atoms with Crippen LogP contribution < -0.4 is 9.64 Å². The second kappa shape index (κ2) is 5.53. The fourth-order valence-electron chi connectivity index (χ4n) is 1.79. The van der Waals surface area contributed by atoms with Gasteiger partial charge in [0.1, 0.15) is 0 Å². The van der Waals surface area contributed by atoms with Gasteiger partial charge in [-0.1, -0.05) is 0 Å². The molecule has 0 radical (unpaired) electrons. The van der Waals surface area contributed by atoms with Crippen molar-refractivity contribution in [3.8, 4) is 5.88 Å². The molecule has 0 fully saturated rings. The molecule has 18 heavy (non-hydrogen) atoms. The number of hydrogen-bond acceptors (Lipinski definition) is 4. The van der Waals surface area contributed by atoms with Crippen molar-refractivity contribution in [1.29, 1.82) is 0 Å². The minimum atomic E-state index is 0.378. The van der Waals surface area contributed by atoms with Gasteiger partial charge in [0, 0.05) is 18.3 Å². The van der Waals surface area contributed by atoms with Crippen molar-refractivity contribution in [2.24, 2.45) is 0 Å². The van der Waals surface area contributed by atoms with E-state index in [4.69, 9.17) is 4.74 Å². The van der Waals surface area contributed by atoms with Crippen LogP contribution in [0.15, 0.2) is 30.9 Å². The maximum Gasteiger partial charge on any atom is 0.213 e. The van der Waals surface area contributed by atoms with Crippen molar-refractivity contribution in [2.45, 2.75) is 26.4 Å². The van der Waals surface area contributed by atoms with Gasteiger partial charge in [-0.25, -0.2) is 9.97 Å². The van der Waals surface area contributed by atoms with Gasteiger partial charge in [-0.2, -0.15) is 0 Å². The maximum absolute atomic E-state index is 5.07. The highest BCUT2D eigenvalue weighted by Crippen LogP contribution is 2.20. The zero-order valence-corrected chi connectivity index (χ0v) is 10.9. The molecular weight excluding hydrogens is 228 g/mol. The number of methoxy groups -OCH3 is 1. The highest BCUT2D eigenvalue weighted by Gasteiger charge is 2.12. The van der Waals surface area contributed by atoms with E-state index in [1.807, 2.05) is 24.5 Å². The van der Waals surface area contributed by atoms with Gasteiger partial charge >= 0.3 is 0 Å². The van der Waals surface area contributed by atoms with Gasteiger partial charge in [-0.05, 0) is 19.9 Å². The van der Waals surface area contributed by atoms with Crippen molar-refractivity contribution in [3.63, 3.8) is 0 Å². The molecule has 2 aromatic rings. The average Bonchev–Trinajstić information content (AvgIpc) is 2.89. The Balaban J connectivity index is 2.18. The van der Waals surface area contributed by atoms with E-state index in [0.29, 0.717) is 11.9 Å². The fraction of sp³-hybridized carbons (Fsp3) is 0.385. The van der Waals surface area contributed by atoms with Crippen molar-refractivity contribution < 1.29 is 4.74 Å². The predicted octanol–water partition coefficient (Wildman–Crippen LogP) is 2.23. The van der Waals surface area contributed by atoms with Crippen LogP contribution in [0.1, 0.15) is 19.5 Å². The van der Waals surface area contributed by atoms with Crippen molar-refractivity contribution in [1.82, 2.24) is 15.0 Å². The van der Waals surface area contributed by atoms with E-state index in [0.717, 1.165) is 17.9 Å². The summed E-state index contributed by atoms with van der Waals surface area (Å²) in [5, 5.41) is 0. The van der Waals surface area contributed by atoms with Crippen molar-refractivity contribution in [3.05, 3.63) is 36.5 Å². The van der Waals surface area contributed by atoms with E-state index in [9.17, 15) is 0 Å². The first-order valence-electron chi connectivity index (χ1n) is 5.94. The minimum absolute atomic E-state index is 0.378. The zero-order valence-electron chi connectivity index (χ0n) is 10.9. The number of H-pyrrole nitrogens is 1. The molecular formula is C13H18N4O. The molecule has 1 N–H and O–H groups in total. The highest BCUT2D eigenvalue weighted by molar-refractivity contribution is 5.46. The van der Waals surface area contributed by atoms with E-state index in [2.05, 4.69) is 33.7 Å². The van der Waals surface area contributed by atoms with Crippen LogP contribution in [0.3, 0.4) is 0 Å². The number of imidazole rings is 1. The van der Waals surface area contributed by atoms with Gasteiger partial charge in [0.05, 0.1) is 37.6 Å². The fourth-order valence-corrected chi connectivity index (χ4v) is 1.79. The SMILES string of the molecule is COc1ccc(N(Cc2cnc[nH]2)C(C)C)cn1. The summed E-state index contributed by atoms with van der Waals surface area (Å²) in [5.41, 5.74) is 2.15. The van der Waals surface area contributed by atoms with Gasteiger partial charge < -0.3 is 14.6 Å². The molecule has 0 aliphatic rings. The molecule has 0 unspecified atom stereocenters. The van der Waals surface area contributed by atoms with Crippen LogP contribution in [-0.4, -0.2) is 28.1 Å². The highest BCUT2D eigenvalue weighted by atomic mass is 16.5. The van der Waals surface area contributed by atoms with E-state index in [1.54, 1.807) is 13.4 Å². The first kappa shape index (κ1) is 12.4. The number of pyridine rings is 1. The zero-order chi connectivity index (χ0) is 13.0. The van der Waals surface area contributed by atoms with E-state index in [1.165, 1.54) is 0 Å². The summed E-state index contributed by atoms with van der Waals surface area (Å²) in [6.07, 6.45) is 5.36. The van der Waals surface area contributed by atoms with Gasteiger partial charge in [0.2, 0.25) is 5.88 Å². The van der Waals surface area contributed by atoms with E-state index < -0.39 is 0 Å². The summed E-state index contributed by atoms with van der Waals surface area (Å²) in [6, 6.07) is 4.27. The lowest BCUT2D eigenvalue weighted by Crippen LogP contribution is -2.30. The molecule has 5 heteroatoms. The number of ether oxygens (including phenoxy) is 1. The molecule has 0 aliphatic carbocycles. The molecule has 2 rings (SSSR count). The Bertz CT molecular complexity index is 464. The van der Waals surface area contributed by atoms with E-state index in [-0.39, 0.29) is 0 Å². The predicted molar refractivity (Wildman–Crippen MR) is 70.7 cm³/mol. The topological polar surface area (TPSA) is 54.0 Å². The van der Waals surface area contributed by atoms with Crippen molar-refractivity contribution >= 4 is 5.69 Å². The first-order valence-corrected chi connectivity index (χ1v) is 5.94. The molecule has 96 valence electrons. The molecule has 0 atom stereocenters. The summed E-state index contributed by atoms with van der Waals surface area (Å²) in [4.78, 5) is 13.6. The summed E-state index contributed by atoms with van der Waals surface area (Å²) >= 11 is 0. The van der Waals surface area contributed by atoms with Gasteiger partial charge in [0.25, 0.3) is 0 Å². The van der Waals surface area contributed by atoms with Gasteiger partial charge in [0.15, 0.2) is 0 Å². The normalized spacial score (nSPS) is 10.7. The lowest BCUT2D eigenvalue weighted by molar-refractivity contribution is 0.398. The molecule has 0 amide bonds. The quantitative estimate of drug-likeness (QED) is 0.879. The molecule has 2 heterocycles. The first-order chi connectivity index (χ1) is 8.70. The lowest BCUT2D eigenvalue weighted by Gasteiger charge is -2.28. The number of nitrogens with one attached hydrogen (secondary N) is 1. The number of anilines is 1. The Labute approximate surface area is 107 Å². The molecule has 0 bridgehead atoms. The van der Waals surface area contributed by atoms with Crippen LogP contribution in [-0.2, 0) is 6.54 Å². The van der Waals surface area contributed by atoms with Crippen LogP contribution in [0.25, 0.3) is 0 Å². The third kappa shape index (κ3) is 2.80. The second-order valence-electron chi connectivity index (χ2n) is 4.36. The molecule has 0 saturated heterocycles. The number of nitrogens with zero attached hydrogens (tertiary/aromatic N) is 3. The summed E-state index contributed by atoms with van der Waals surface area (Å²) in [7, 11) is 1.62. The van der Waals surface area contributed by atoms with Gasteiger partial charge in [-0.15, -0.1) is 0 Å². The summed E-state index contributed by atoms with van der Waals surface area (Å²) in [5.74, 6) is 0.629. The molecule has 2 aromatic heterocycles. The standard InChI is InChI=1S/C13H18N4O/c1-10(2)17(8-11-6-14-9-16-11)12-4-5-13(18-3)15-7-12/h4-7,9-10H,8H2,1-3H3,(H,14,16). The van der Waals surface area contributed by atoms with E-state index >= 15 is 0 Å². The lowest BCUT2D eigenvalue weighted by atomic mass is 10.2. The second-order valence-corrected chi connectivity index (χ2v) is 4.36. The Morgan fingerprint density at radius 3 is 2.67 bits per heavy atom. The Morgan fingerprint density at radius 1 is 1.33 bits per heavy atom. The van der Waals surface area contributed by atoms with Crippen LogP contribution in [0.2, 0.25) is 0 Å². The van der Waals surface area contributed by atoms with Crippen LogP contribution in [0.4, 0.5) is 5.69 Å². The number of rotatable bonds is 5. The Morgan fingerprint density at radius 2 is 2.17 bits per heavy atom. The third-order valence-corrected chi connectivity index (χ3v) is 2.78. The molecule has 0 saturated carbocycles. The number of aromatic amines is 1. The summed E-state index contributed by atoms with van der Waals surface area (Å²) in [6.45, 7) is 5.09. The number of aromatic nitrogens is 3. The molecule has 0 spiro atoms. The van der Waals surface area contributed by atoms with Gasteiger partial charge in [-0.3, -0.25) is 0 Å². The minimum Gasteiger partial charge on any atom is -0.481 e. The average molecular weight is 246 g/mol. The number of hydrogen-bond donors (Lipinski definition) is 1. The van der Waals surface area contributed by atoms with Crippen molar-refractivity contribution in [2.75, 3.05) is 12.0 Å². The Kier molecular flexibility index (Phi) is 3.82. The van der Waals surface area contributed by atoms with Crippen LogP contribution in [0.5, 0.6) is 5.88 Å².